The van der Waals surface area contributed by atoms with Gasteiger partial charge in [0.2, 0.25) is 11.8 Å². The molecule has 0 bridgehead atoms. The number of anilines is 1. The highest BCUT2D eigenvalue weighted by atomic mass is 16.2. The van der Waals surface area contributed by atoms with Gasteiger partial charge < -0.3 is 16.0 Å². The van der Waals surface area contributed by atoms with Crippen LogP contribution in [-0.2, 0) is 14.4 Å². The van der Waals surface area contributed by atoms with Crippen LogP contribution in [0.2, 0.25) is 0 Å². The fourth-order valence-corrected chi connectivity index (χ4v) is 4.21. The van der Waals surface area contributed by atoms with Gasteiger partial charge >= 0.3 is 6.03 Å². The van der Waals surface area contributed by atoms with Crippen molar-refractivity contribution in [3.63, 3.8) is 0 Å². The molecule has 8 heteroatoms. The van der Waals surface area contributed by atoms with Gasteiger partial charge in [0.05, 0.1) is 6.54 Å². The van der Waals surface area contributed by atoms with Gasteiger partial charge in [-0.1, -0.05) is 38.0 Å². The third-order valence-corrected chi connectivity index (χ3v) is 5.99. The lowest BCUT2D eigenvalue weighted by Crippen LogP contribution is -2.54. The quantitative estimate of drug-likeness (QED) is 0.656. The van der Waals surface area contributed by atoms with Crippen molar-refractivity contribution >= 4 is 29.4 Å². The Morgan fingerprint density at radius 2 is 1.86 bits per heavy atom. The average molecular weight is 400 g/mol. The van der Waals surface area contributed by atoms with Crippen LogP contribution in [0.5, 0.6) is 0 Å². The molecule has 8 nitrogen and oxygen atoms in total. The first-order valence-corrected chi connectivity index (χ1v) is 10.0. The Morgan fingerprint density at radius 3 is 2.52 bits per heavy atom. The molecule has 0 radical (unpaired) electrons. The summed E-state index contributed by atoms with van der Waals surface area (Å²) < 4.78 is 0. The molecule has 2 aliphatic rings. The van der Waals surface area contributed by atoms with Crippen LogP contribution in [0.25, 0.3) is 0 Å². The van der Waals surface area contributed by atoms with Crippen LogP contribution in [-0.4, -0.2) is 47.3 Å². The Labute approximate surface area is 170 Å². The van der Waals surface area contributed by atoms with Gasteiger partial charge in [-0.2, -0.15) is 0 Å². The van der Waals surface area contributed by atoms with Gasteiger partial charge in [-0.15, -0.1) is 0 Å². The number of urea groups is 1. The molecular weight excluding hydrogens is 372 g/mol. The van der Waals surface area contributed by atoms with E-state index in [1.54, 1.807) is 0 Å². The fourth-order valence-electron chi connectivity index (χ4n) is 4.21. The summed E-state index contributed by atoms with van der Waals surface area (Å²) in [5.74, 6) is -1.23. The minimum atomic E-state index is -0.894. The smallest absolute Gasteiger partial charge is 0.325 e. The number of carbonyl (C=O) groups excluding carboxylic acids is 4. The molecule has 5 amide bonds. The van der Waals surface area contributed by atoms with E-state index in [2.05, 4.69) is 16.0 Å². The zero-order valence-corrected chi connectivity index (χ0v) is 17.1. The Morgan fingerprint density at radius 1 is 1.17 bits per heavy atom. The maximum Gasteiger partial charge on any atom is 0.325 e. The van der Waals surface area contributed by atoms with Gasteiger partial charge in [0.25, 0.3) is 5.91 Å². The van der Waals surface area contributed by atoms with Crippen LogP contribution in [0, 0.1) is 19.8 Å². The number of carbonyl (C=O) groups is 4. The van der Waals surface area contributed by atoms with Crippen LogP contribution in [0.3, 0.4) is 0 Å². The van der Waals surface area contributed by atoms with E-state index in [4.69, 9.17) is 0 Å². The zero-order chi connectivity index (χ0) is 21.2. The van der Waals surface area contributed by atoms with Crippen LogP contribution in [0.15, 0.2) is 18.2 Å². The highest BCUT2D eigenvalue weighted by Gasteiger charge is 2.55. The van der Waals surface area contributed by atoms with Crippen LogP contribution >= 0.6 is 0 Å². The molecule has 1 aromatic rings. The van der Waals surface area contributed by atoms with E-state index >= 15 is 0 Å². The first kappa shape index (κ1) is 20.8. The molecule has 0 aromatic heterocycles. The van der Waals surface area contributed by atoms with Crippen molar-refractivity contribution < 1.29 is 19.2 Å². The predicted molar refractivity (Wildman–Crippen MR) is 108 cm³/mol. The van der Waals surface area contributed by atoms with E-state index in [0.29, 0.717) is 12.1 Å². The van der Waals surface area contributed by atoms with Crippen molar-refractivity contribution in [2.45, 2.75) is 52.0 Å². The molecular formula is C21H28N4O4. The van der Waals surface area contributed by atoms with E-state index in [1.807, 2.05) is 39.0 Å². The van der Waals surface area contributed by atoms with Gasteiger partial charge in [0, 0.05) is 5.69 Å². The lowest BCUT2D eigenvalue weighted by Gasteiger charge is -2.36. The second-order valence-electron chi connectivity index (χ2n) is 8.03. The molecule has 1 aliphatic heterocycles. The van der Waals surface area contributed by atoms with Gasteiger partial charge in [-0.3, -0.25) is 19.3 Å². The summed E-state index contributed by atoms with van der Waals surface area (Å²) in [4.78, 5) is 50.6. The Balaban J connectivity index is 1.55. The van der Waals surface area contributed by atoms with Crippen molar-refractivity contribution in [2.24, 2.45) is 5.92 Å². The summed E-state index contributed by atoms with van der Waals surface area (Å²) in [6.45, 7) is 5.11. The summed E-state index contributed by atoms with van der Waals surface area (Å²) in [5.41, 5.74) is 1.68. The number of hydrogen-bond acceptors (Lipinski definition) is 4. The first-order chi connectivity index (χ1) is 13.7. The number of imide groups is 1. The van der Waals surface area contributed by atoms with E-state index in [9.17, 15) is 19.2 Å². The maximum absolute atomic E-state index is 12.9. The first-order valence-electron chi connectivity index (χ1n) is 10.0. The molecule has 1 heterocycles. The third kappa shape index (κ3) is 4.11. The maximum atomic E-state index is 12.9. The summed E-state index contributed by atoms with van der Waals surface area (Å²) >= 11 is 0. The Kier molecular flexibility index (Phi) is 5.91. The second-order valence-corrected chi connectivity index (χ2v) is 8.03. The topological polar surface area (TPSA) is 108 Å². The highest BCUT2D eigenvalue weighted by molar-refractivity contribution is 6.09. The number of hydrogen-bond donors (Lipinski definition) is 3. The minimum absolute atomic E-state index is 0.0314. The van der Waals surface area contributed by atoms with Gasteiger partial charge in [-0.05, 0) is 43.7 Å². The predicted octanol–water partition coefficient (Wildman–Crippen LogP) is 1.86. The van der Waals surface area contributed by atoms with Crippen molar-refractivity contribution in [1.82, 2.24) is 15.5 Å². The molecule has 1 saturated carbocycles. The Hall–Kier alpha value is -2.90. The molecule has 3 N–H and O–H groups in total. The number of benzene rings is 1. The molecule has 2 atom stereocenters. The van der Waals surface area contributed by atoms with Gasteiger partial charge in [0.1, 0.15) is 12.1 Å². The lowest BCUT2D eigenvalue weighted by molar-refractivity contribution is -0.137. The minimum Gasteiger partial charge on any atom is -0.345 e. The number of nitrogens with zero attached hydrogens (tertiary/aromatic N) is 1. The fraction of sp³-hybridized carbons (Fsp3) is 0.524. The third-order valence-electron chi connectivity index (χ3n) is 5.99. The average Bonchev–Trinajstić information content (AvgIpc) is 2.90. The number of amides is 5. The number of nitrogens with one attached hydrogen (secondary N) is 3. The molecule has 29 heavy (non-hydrogen) atoms. The molecule has 2 fully saturated rings. The molecule has 1 spiro atoms. The molecule has 1 aliphatic carbocycles. The van der Waals surface area contributed by atoms with E-state index in [-0.39, 0.29) is 24.3 Å². The summed E-state index contributed by atoms with van der Waals surface area (Å²) in [6, 6.07) is 5.14. The van der Waals surface area contributed by atoms with Crippen molar-refractivity contribution in [1.29, 1.82) is 0 Å². The molecule has 1 aromatic carbocycles. The van der Waals surface area contributed by atoms with Crippen LogP contribution in [0.1, 0.15) is 43.7 Å². The standard InChI is InChI=1S/C21H28N4O4/c1-13-7-6-8-14(2)18(13)23-16(26)11-22-17(27)12-25-19(28)21(24-20(25)29)10-5-4-9-15(21)3/h6-8,15H,4-5,9-12H2,1-3H3,(H,22,27)(H,23,26)(H,24,29)/t15-,21+/m1/s1. The lowest BCUT2D eigenvalue weighted by atomic mass is 9.73. The van der Waals surface area contributed by atoms with Crippen molar-refractivity contribution in [3.8, 4) is 0 Å². The number of aryl methyl sites for hydroxylation is 2. The van der Waals surface area contributed by atoms with Crippen LogP contribution < -0.4 is 16.0 Å². The normalized spacial score (nSPS) is 23.8. The molecule has 1 saturated heterocycles. The van der Waals surface area contributed by atoms with Crippen molar-refractivity contribution in [3.05, 3.63) is 29.3 Å². The highest BCUT2D eigenvalue weighted by Crippen LogP contribution is 2.38. The SMILES string of the molecule is Cc1cccc(C)c1NC(=O)CNC(=O)CN1C(=O)N[C@]2(CCCC[C@H]2C)C1=O. The zero-order valence-electron chi connectivity index (χ0n) is 17.1. The van der Waals surface area contributed by atoms with Gasteiger partial charge in [-0.25, -0.2) is 4.79 Å². The Bertz CT molecular complexity index is 833. The molecule has 156 valence electrons. The van der Waals surface area contributed by atoms with Gasteiger partial charge in [0.15, 0.2) is 0 Å². The van der Waals surface area contributed by atoms with E-state index in [1.165, 1.54) is 0 Å². The molecule has 3 rings (SSSR count). The summed E-state index contributed by atoms with van der Waals surface area (Å²) in [7, 11) is 0. The molecule has 0 unspecified atom stereocenters. The summed E-state index contributed by atoms with van der Waals surface area (Å²) in [6.07, 6.45) is 3.36. The van der Waals surface area contributed by atoms with Crippen molar-refractivity contribution in [2.75, 3.05) is 18.4 Å². The number of rotatable bonds is 5. The van der Waals surface area contributed by atoms with Crippen LogP contribution in [0.4, 0.5) is 10.5 Å². The number of para-hydroxylation sites is 1. The van der Waals surface area contributed by atoms with E-state index in [0.717, 1.165) is 35.3 Å². The monoisotopic (exact) mass is 400 g/mol. The largest absolute Gasteiger partial charge is 0.345 e. The van der Waals surface area contributed by atoms with E-state index < -0.39 is 24.0 Å². The summed E-state index contributed by atoms with van der Waals surface area (Å²) in [5, 5.41) is 8.08. The second kappa shape index (κ2) is 8.23.